The molecule has 0 saturated heterocycles. The predicted octanol–water partition coefficient (Wildman–Crippen LogP) is 8.34. The van der Waals surface area contributed by atoms with E-state index in [2.05, 4.69) is 13.8 Å². The van der Waals surface area contributed by atoms with Crippen LogP contribution in [0.2, 0.25) is 0 Å². The molecule has 0 amide bonds. The minimum absolute atomic E-state index is 0.135. The first-order valence-electron chi connectivity index (χ1n) is 10.8. The Morgan fingerprint density at radius 1 is 0.733 bits per heavy atom. The van der Waals surface area contributed by atoms with Gasteiger partial charge in [-0.2, -0.15) is 0 Å². The second-order valence-electron chi connectivity index (χ2n) is 7.96. The standard InChI is InChI=1S/C27H30F2O/c1-4-5-6-7-8-20(3)30-23-15-13-22(14-16-23)25-18-17-24(26(28)27(25)29)21-11-9-19(2)10-12-21/h9-18,20H,4-8H2,1-3H3. The van der Waals surface area contributed by atoms with Gasteiger partial charge in [0.1, 0.15) is 5.75 Å². The number of benzene rings is 3. The fourth-order valence-corrected chi connectivity index (χ4v) is 3.59. The molecule has 3 heteroatoms. The van der Waals surface area contributed by atoms with Gasteiger partial charge in [0.25, 0.3) is 0 Å². The molecule has 0 aliphatic carbocycles. The van der Waals surface area contributed by atoms with E-state index in [9.17, 15) is 8.78 Å². The lowest BCUT2D eigenvalue weighted by Gasteiger charge is -2.15. The van der Waals surface area contributed by atoms with Crippen LogP contribution >= 0.6 is 0 Å². The summed E-state index contributed by atoms with van der Waals surface area (Å²) in [5.74, 6) is -0.901. The van der Waals surface area contributed by atoms with Gasteiger partial charge in [-0.3, -0.25) is 0 Å². The molecule has 1 atom stereocenters. The summed E-state index contributed by atoms with van der Waals surface area (Å²) < 4.78 is 35.5. The molecule has 3 rings (SSSR count). The Morgan fingerprint density at radius 2 is 1.27 bits per heavy atom. The van der Waals surface area contributed by atoms with Crippen molar-refractivity contribution >= 4 is 0 Å². The maximum absolute atomic E-state index is 14.8. The smallest absolute Gasteiger partial charge is 0.167 e. The third kappa shape index (κ3) is 5.47. The maximum atomic E-state index is 14.8. The van der Waals surface area contributed by atoms with Gasteiger partial charge < -0.3 is 4.74 Å². The van der Waals surface area contributed by atoms with Crippen molar-refractivity contribution in [2.45, 2.75) is 59.0 Å². The number of unbranched alkanes of at least 4 members (excludes halogenated alkanes) is 3. The van der Waals surface area contributed by atoms with E-state index >= 15 is 0 Å². The van der Waals surface area contributed by atoms with Gasteiger partial charge in [0, 0.05) is 11.1 Å². The zero-order chi connectivity index (χ0) is 21.5. The minimum Gasteiger partial charge on any atom is -0.491 e. The van der Waals surface area contributed by atoms with Crippen molar-refractivity contribution in [2.24, 2.45) is 0 Å². The lowest BCUT2D eigenvalue weighted by Crippen LogP contribution is -2.11. The van der Waals surface area contributed by atoms with Crippen molar-refractivity contribution in [2.75, 3.05) is 0 Å². The SMILES string of the molecule is CCCCCCC(C)Oc1ccc(-c2ccc(-c3ccc(C)cc3)c(F)c2F)cc1. The topological polar surface area (TPSA) is 9.23 Å². The van der Waals surface area contributed by atoms with Crippen molar-refractivity contribution in [3.63, 3.8) is 0 Å². The van der Waals surface area contributed by atoms with Crippen molar-refractivity contribution in [3.8, 4) is 28.0 Å². The predicted molar refractivity (Wildman–Crippen MR) is 121 cm³/mol. The Labute approximate surface area is 178 Å². The largest absolute Gasteiger partial charge is 0.491 e. The molecule has 0 fully saturated rings. The fourth-order valence-electron chi connectivity index (χ4n) is 3.59. The zero-order valence-corrected chi connectivity index (χ0v) is 18.1. The Morgan fingerprint density at radius 3 is 1.80 bits per heavy atom. The van der Waals surface area contributed by atoms with E-state index in [1.807, 2.05) is 43.3 Å². The third-order valence-corrected chi connectivity index (χ3v) is 5.41. The fraction of sp³-hybridized carbons (Fsp3) is 0.333. The third-order valence-electron chi connectivity index (χ3n) is 5.41. The molecule has 0 spiro atoms. The van der Waals surface area contributed by atoms with E-state index in [-0.39, 0.29) is 17.2 Å². The summed E-state index contributed by atoms with van der Waals surface area (Å²) in [4.78, 5) is 0. The molecule has 0 heterocycles. The summed E-state index contributed by atoms with van der Waals surface area (Å²) in [5.41, 5.74) is 2.90. The molecule has 0 aromatic heterocycles. The zero-order valence-electron chi connectivity index (χ0n) is 18.1. The number of ether oxygens (including phenoxy) is 1. The van der Waals surface area contributed by atoms with Crippen LogP contribution in [0.1, 0.15) is 51.5 Å². The number of rotatable bonds is 9. The first kappa shape index (κ1) is 22.0. The van der Waals surface area contributed by atoms with E-state index < -0.39 is 11.6 Å². The van der Waals surface area contributed by atoms with Crippen LogP contribution in [0.15, 0.2) is 60.7 Å². The summed E-state index contributed by atoms with van der Waals surface area (Å²) in [5, 5.41) is 0. The maximum Gasteiger partial charge on any atom is 0.167 e. The molecule has 30 heavy (non-hydrogen) atoms. The van der Waals surface area contributed by atoms with Gasteiger partial charge in [0.15, 0.2) is 11.6 Å². The quantitative estimate of drug-likeness (QED) is 0.323. The van der Waals surface area contributed by atoms with Crippen LogP contribution in [-0.4, -0.2) is 6.10 Å². The highest BCUT2D eigenvalue weighted by Gasteiger charge is 2.16. The summed E-state index contributed by atoms with van der Waals surface area (Å²) >= 11 is 0. The van der Waals surface area contributed by atoms with Gasteiger partial charge in [-0.1, -0.05) is 80.3 Å². The second kappa shape index (κ2) is 10.4. The van der Waals surface area contributed by atoms with E-state index in [1.54, 1.807) is 24.3 Å². The molecule has 0 aliphatic heterocycles. The van der Waals surface area contributed by atoms with E-state index in [0.29, 0.717) is 11.1 Å². The van der Waals surface area contributed by atoms with Crippen LogP contribution in [0.5, 0.6) is 5.75 Å². The Balaban J connectivity index is 1.71. The van der Waals surface area contributed by atoms with Gasteiger partial charge >= 0.3 is 0 Å². The number of hydrogen-bond donors (Lipinski definition) is 0. The van der Waals surface area contributed by atoms with Crippen LogP contribution in [0.3, 0.4) is 0 Å². The van der Waals surface area contributed by atoms with Crippen molar-refractivity contribution in [3.05, 3.63) is 77.9 Å². The molecule has 158 valence electrons. The van der Waals surface area contributed by atoms with E-state index in [0.717, 1.165) is 24.2 Å². The molecule has 1 unspecified atom stereocenters. The first-order chi connectivity index (χ1) is 14.5. The molecular formula is C27H30F2O. The molecule has 0 saturated carbocycles. The van der Waals surface area contributed by atoms with Gasteiger partial charge in [-0.05, 0) is 49.9 Å². The summed E-state index contributed by atoms with van der Waals surface area (Å²) in [6.45, 7) is 6.23. The van der Waals surface area contributed by atoms with Crippen LogP contribution in [0.25, 0.3) is 22.3 Å². The monoisotopic (exact) mass is 408 g/mol. The number of hydrogen-bond acceptors (Lipinski definition) is 1. The normalized spacial score (nSPS) is 12.0. The van der Waals surface area contributed by atoms with Crippen LogP contribution in [0.4, 0.5) is 8.78 Å². The average molecular weight is 409 g/mol. The first-order valence-corrected chi connectivity index (χ1v) is 10.8. The molecule has 3 aromatic carbocycles. The summed E-state index contributed by atoms with van der Waals surface area (Å²) in [7, 11) is 0. The highest BCUT2D eigenvalue weighted by Crippen LogP contribution is 2.32. The molecule has 3 aromatic rings. The molecular weight excluding hydrogens is 378 g/mol. The number of halogens is 2. The minimum atomic E-state index is -0.828. The van der Waals surface area contributed by atoms with Gasteiger partial charge in [-0.15, -0.1) is 0 Å². The van der Waals surface area contributed by atoms with Crippen molar-refractivity contribution < 1.29 is 13.5 Å². The molecule has 1 nitrogen and oxygen atoms in total. The van der Waals surface area contributed by atoms with Gasteiger partial charge in [0.05, 0.1) is 6.10 Å². The molecule has 0 bridgehead atoms. The van der Waals surface area contributed by atoms with Crippen molar-refractivity contribution in [1.82, 2.24) is 0 Å². The Hall–Kier alpha value is -2.68. The van der Waals surface area contributed by atoms with Crippen LogP contribution in [-0.2, 0) is 0 Å². The number of aryl methyl sites for hydroxylation is 1. The Kier molecular flexibility index (Phi) is 7.62. The summed E-state index contributed by atoms with van der Waals surface area (Å²) in [6, 6.07) is 17.9. The lowest BCUT2D eigenvalue weighted by atomic mass is 9.98. The van der Waals surface area contributed by atoms with Crippen LogP contribution < -0.4 is 4.74 Å². The van der Waals surface area contributed by atoms with Crippen LogP contribution in [0, 0.1) is 18.6 Å². The second-order valence-corrected chi connectivity index (χ2v) is 7.96. The molecule has 0 radical (unpaired) electrons. The van der Waals surface area contributed by atoms with Crippen molar-refractivity contribution in [1.29, 1.82) is 0 Å². The molecule has 0 N–H and O–H groups in total. The Bertz CT molecular complexity index is 946. The lowest BCUT2D eigenvalue weighted by molar-refractivity contribution is 0.206. The van der Waals surface area contributed by atoms with Gasteiger partial charge in [0.2, 0.25) is 0 Å². The average Bonchev–Trinajstić information content (AvgIpc) is 2.75. The van der Waals surface area contributed by atoms with E-state index in [1.165, 1.54) is 19.3 Å². The highest BCUT2D eigenvalue weighted by molar-refractivity contribution is 5.72. The van der Waals surface area contributed by atoms with Gasteiger partial charge in [-0.25, -0.2) is 8.78 Å². The molecule has 0 aliphatic rings. The van der Waals surface area contributed by atoms with E-state index in [4.69, 9.17) is 4.74 Å². The highest BCUT2D eigenvalue weighted by atomic mass is 19.2. The summed E-state index contributed by atoms with van der Waals surface area (Å²) in [6.07, 6.45) is 6.02.